The molecule has 32 heavy (non-hydrogen) atoms. The van der Waals surface area contributed by atoms with E-state index in [1.807, 2.05) is 0 Å². The van der Waals surface area contributed by atoms with E-state index in [-0.39, 0.29) is 28.8 Å². The van der Waals surface area contributed by atoms with Crippen molar-refractivity contribution in [2.75, 3.05) is 11.9 Å². The van der Waals surface area contributed by atoms with Crippen LogP contribution in [0.15, 0.2) is 60.1 Å². The molecule has 1 fully saturated rings. The third-order valence-electron chi connectivity index (χ3n) is 4.30. The number of nitrogens with zero attached hydrogens (tertiary/aromatic N) is 2. The zero-order valence-corrected chi connectivity index (χ0v) is 18.7. The van der Waals surface area contributed by atoms with Crippen molar-refractivity contribution in [2.45, 2.75) is 17.8 Å². The summed E-state index contributed by atoms with van der Waals surface area (Å²) in [5.74, 6) is -0.869. The first-order valence-corrected chi connectivity index (χ1v) is 10.8. The molecule has 0 aromatic heterocycles. The molecule has 0 unspecified atom stereocenters. The zero-order chi connectivity index (χ0) is 23.5. The SMILES string of the molecule is C=CCN1C(=O)[C@@H](CC(=O)Nc2cc(Cl)ccc2Cl)SC1=Nc1cccc(C(F)(F)F)c1. The minimum Gasteiger partial charge on any atom is -0.325 e. The van der Waals surface area contributed by atoms with Crippen molar-refractivity contribution < 1.29 is 22.8 Å². The number of aliphatic imine (C=N–C) groups is 1. The summed E-state index contributed by atoms with van der Waals surface area (Å²) >= 11 is 13.0. The molecule has 11 heteroatoms. The van der Waals surface area contributed by atoms with Gasteiger partial charge in [0.05, 0.1) is 22.0 Å². The molecule has 2 amide bonds. The standard InChI is InChI=1S/C21H16Cl2F3N3O2S/c1-2-8-29-19(31)17(11-18(30)28-16-10-13(22)6-7-15(16)23)32-20(29)27-14-5-3-4-12(9-14)21(24,25)26/h2-7,9-10,17H,1,8,11H2,(H,28,30)/t17-/m1/s1. The van der Waals surface area contributed by atoms with Crippen LogP contribution in [0.25, 0.3) is 0 Å². The van der Waals surface area contributed by atoms with Gasteiger partial charge in [0.25, 0.3) is 0 Å². The average Bonchev–Trinajstić information content (AvgIpc) is 2.99. The third-order valence-corrected chi connectivity index (χ3v) is 6.04. The molecule has 1 heterocycles. The van der Waals surface area contributed by atoms with E-state index in [4.69, 9.17) is 23.2 Å². The molecule has 5 nitrogen and oxygen atoms in total. The molecule has 1 atom stereocenters. The van der Waals surface area contributed by atoms with E-state index in [0.717, 1.165) is 23.9 Å². The monoisotopic (exact) mass is 501 g/mol. The van der Waals surface area contributed by atoms with Gasteiger partial charge in [0.1, 0.15) is 5.25 Å². The number of amidine groups is 1. The topological polar surface area (TPSA) is 61.8 Å². The number of anilines is 1. The highest BCUT2D eigenvalue weighted by Gasteiger charge is 2.39. The first-order valence-electron chi connectivity index (χ1n) is 9.18. The Morgan fingerprint density at radius 2 is 2.00 bits per heavy atom. The molecule has 168 valence electrons. The van der Waals surface area contributed by atoms with Gasteiger partial charge in [0, 0.05) is 18.0 Å². The normalized spacial score (nSPS) is 17.7. The summed E-state index contributed by atoms with van der Waals surface area (Å²) in [6, 6.07) is 9.05. The minimum absolute atomic E-state index is 0.0417. The number of hydrogen-bond acceptors (Lipinski definition) is 4. The quantitative estimate of drug-likeness (QED) is 0.482. The molecular formula is C21H16Cl2F3N3O2S. The van der Waals surface area contributed by atoms with Crippen molar-refractivity contribution >= 4 is 63.3 Å². The van der Waals surface area contributed by atoms with Crippen LogP contribution >= 0.6 is 35.0 Å². The van der Waals surface area contributed by atoms with E-state index in [2.05, 4.69) is 16.9 Å². The third kappa shape index (κ3) is 5.85. The number of amides is 2. The van der Waals surface area contributed by atoms with E-state index in [0.29, 0.717) is 10.7 Å². The van der Waals surface area contributed by atoms with Crippen LogP contribution in [0, 0.1) is 0 Å². The Kier molecular flexibility index (Phi) is 7.53. The summed E-state index contributed by atoms with van der Waals surface area (Å²) in [4.78, 5) is 30.8. The Bertz CT molecular complexity index is 1090. The lowest BCUT2D eigenvalue weighted by Gasteiger charge is -2.14. The second-order valence-corrected chi connectivity index (χ2v) is 8.68. The van der Waals surface area contributed by atoms with E-state index < -0.39 is 28.8 Å². The summed E-state index contributed by atoms with van der Waals surface area (Å²) < 4.78 is 39.0. The van der Waals surface area contributed by atoms with E-state index >= 15 is 0 Å². The van der Waals surface area contributed by atoms with Crippen molar-refractivity contribution in [1.82, 2.24) is 4.90 Å². The minimum atomic E-state index is -4.52. The van der Waals surface area contributed by atoms with Crippen molar-refractivity contribution in [1.29, 1.82) is 0 Å². The zero-order valence-electron chi connectivity index (χ0n) is 16.3. The summed E-state index contributed by atoms with van der Waals surface area (Å²) in [6.45, 7) is 3.69. The second kappa shape index (κ2) is 9.97. The number of alkyl halides is 3. The van der Waals surface area contributed by atoms with E-state index in [1.165, 1.54) is 35.2 Å². The largest absolute Gasteiger partial charge is 0.416 e. The number of carbonyl (C=O) groups is 2. The molecule has 0 aliphatic carbocycles. The maximum atomic E-state index is 13.0. The lowest BCUT2D eigenvalue weighted by atomic mass is 10.2. The fourth-order valence-electron chi connectivity index (χ4n) is 2.85. The van der Waals surface area contributed by atoms with Crippen LogP contribution in [-0.2, 0) is 15.8 Å². The molecule has 1 saturated heterocycles. The van der Waals surface area contributed by atoms with Gasteiger partial charge in [-0.1, -0.05) is 47.1 Å². The Balaban J connectivity index is 1.79. The fraction of sp³-hybridized carbons (Fsp3) is 0.190. The van der Waals surface area contributed by atoms with Crippen LogP contribution in [0.1, 0.15) is 12.0 Å². The number of carbonyl (C=O) groups excluding carboxylic acids is 2. The smallest absolute Gasteiger partial charge is 0.325 e. The van der Waals surface area contributed by atoms with Gasteiger partial charge in [-0.15, -0.1) is 6.58 Å². The predicted molar refractivity (Wildman–Crippen MR) is 122 cm³/mol. The second-order valence-electron chi connectivity index (χ2n) is 6.66. The van der Waals surface area contributed by atoms with Gasteiger partial charge in [-0.05, 0) is 36.4 Å². The van der Waals surface area contributed by atoms with Crippen LogP contribution in [-0.4, -0.2) is 33.7 Å². The van der Waals surface area contributed by atoms with E-state index in [1.54, 1.807) is 6.07 Å². The molecule has 2 aromatic rings. The first kappa shape index (κ1) is 24.2. The molecule has 1 N–H and O–H groups in total. The van der Waals surface area contributed by atoms with Gasteiger partial charge in [0.15, 0.2) is 5.17 Å². The highest BCUT2D eigenvalue weighted by Crippen LogP contribution is 2.35. The Labute approximate surface area is 196 Å². The van der Waals surface area contributed by atoms with Gasteiger partial charge in [-0.25, -0.2) is 4.99 Å². The summed E-state index contributed by atoms with van der Waals surface area (Å²) in [7, 11) is 0. The molecule has 1 aliphatic rings. The van der Waals surface area contributed by atoms with Crippen molar-refractivity contribution in [2.24, 2.45) is 4.99 Å². The Morgan fingerprint density at radius 3 is 2.69 bits per heavy atom. The fourth-order valence-corrected chi connectivity index (χ4v) is 4.35. The van der Waals surface area contributed by atoms with Crippen LogP contribution in [0.2, 0.25) is 10.0 Å². The summed E-state index contributed by atoms with van der Waals surface area (Å²) in [5.41, 5.74) is -0.501. The number of halogens is 5. The van der Waals surface area contributed by atoms with Gasteiger partial charge in [-0.3, -0.25) is 14.5 Å². The first-order chi connectivity index (χ1) is 15.1. The molecule has 1 aliphatic heterocycles. The predicted octanol–water partition coefficient (Wildman–Crippen LogP) is 6.16. The maximum Gasteiger partial charge on any atom is 0.416 e. The van der Waals surface area contributed by atoms with Crippen molar-refractivity contribution in [3.63, 3.8) is 0 Å². The number of hydrogen-bond donors (Lipinski definition) is 1. The number of benzene rings is 2. The molecule has 2 aromatic carbocycles. The Morgan fingerprint density at radius 1 is 1.25 bits per heavy atom. The lowest BCUT2D eigenvalue weighted by Crippen LogP contribution is -2.33. The highest BCUT2D eigenvalue weighted by molar-refractivity contribution is 8.15. The van der Waals surface area contributed by atoms with Crippen LogP contribution in [0.4, 0.5) is 24.5 Å². The molecule has 0 radical (unpaired) electrons. The van der Waals surface area contributed by atoms with Gasteiger partial charge in [-0.2, -0.15) is 13.2 Å². The number of nitrogens with one attached hydrogen (secondary N) is 1. The molecule has 0 bridgehead atoms. The maximum absolute atomic E-state index is 13.0. The van der Waals surface area contributed by atoms with Gasteiger partial charge >= 0.3 is 6.18 Å². The van der Waals surface area contributed by atoms with Crippen molar-refractivity contribution in [3.8, 4) is 0 Å². The van der Waals surface area contributed by atoms with Crippen molar-refractivity contribution in [3.05, 3.63) is 70.7 Å². The molecule has 0 spiro atoms. The molecule has 0 saturated carbocycles. The lowest BCUT2D eigenvalue weighted by molar-refractivity contribution is -0.137. The van der Waals surface area contributed by atoms with Crippen LogP contribution in [0.5, 0.6) is 0 Å². The van der Waals surface area contributed by atoms with Crippen LogP contribution < -0.4 is 5.32 Å². The van der Waals surface area contributed by atoms with Gasteiger partial charge < -0.3 is 5.32 Å². The van der Waals surface area contributed by atoms with E-state index in [9.17, 15) is 22.8 Å². The number of rotatable bonds is 6. The van der Waals surface area contributed by atoms with Crippen LogP contribution in [0.3, 0.4) is 0 Å². The van der Waals surface area contributed by atoms with Gasteiger partial charge in [0.2, 0.25) is 11.8 Å². The summed E-state index contributed by atoms with van der Waals surface area (Å²) in [5, 5.41) is 2.65. The molecular weight excluding hydrogens is 486 g/mol. The number of thioether (sulfide) groups is 1. The molecule has 3 rings (SSSR count). The highest BCUT2D eigenvalue weighted by atomic mass is 35.5. The Hall–Kier alpha value is -2.49. The summed E-state index contributed by atoms with van der Waals surface area (Å²) in [6.07, 6.45) is -3.24. The average molecular weight is 502 g/mol.